The molecule has 0 bridgehead atoms. The van der Waals surface area contributed by atoms with Gasteiger partial charge in [-0.15, -0.1) is 0 Å². The van der Waals surface area contributed by atoms with Crippen LogP contribution in [0.5, 0.6) is 0 Å². The molecular weight excluding hydrogens is 219 g/mol. The second-order valence-electron chi connectivity index (χ2n) is 5.05. The second-order valence-corrected chi connectivity index (χ2v) is 5.05. The predicted molar refractivity (Wildman–Crippen MR) is 65.1 cm³/mol. The molecule has 0 saturated carbocycles. The second kappa shape index (κ2) is 4.11. The SMILES string of the molecule is CC1(C)C(=O)N(c2ccc(F)cc2)CCC1N. The van der Waals surface area contributed by atoms with Crippen molar-refractivity contribution in [3.05, 3.63) is 30.1 Å². The zero-order valence-electron chi connectivity index (χ0n) is 10.1. The quantitative estimate of drug-likeness (QED) is 0.809. The highest BCUT2D eigenvalue weighted by Crippen LogP contribution is 2.32. The Labute approximate surface area is 100 Å². The molecule has 0 radical (unpaired) electrons. The van der Waals surface area contributed by atoms with E-state index in [4.69, 9.17) is 5.73 Å². The van der Waals surface area contributed by atoms with Crippen LogP contribution in [0.25, 0.3) is 0 Å². The molecule has 4 heteroatoms. The highest BCUT2D eigenvalue weighted by atomic mass is 19.1. The van der Waals surface area contributed by atoms with Gasteiger partial charge in [0.05, 0.1) is 5.41 Å². The molecule has 2 rings (SSSR count). The lowest BCUT2D eigenvalue weighted by atomic mass is 9.78. The van der Waals surface area contributed by atoms with Crippen molar-refractivity contribution in [2.75, 3.05) is 11.4 Å². The lowest BCUT2D eigenvalue weighted by molar-refractivity contribution is -0.129. The van der Waals surface area contributed by atoms with Gasteiger partial charge in [0, 0.05) is 18.3 Å². The number of nitrogens with two attached hydrogens (primary N) is 1. The Morgan fingerprint density at radius 2 is 1.94 bits per heavy atom. The number of halogens is 1. The zero-order valence-corrected chi connectivity index (χ0v) is 10.1. The molecule has 1 atom stereocenters. The molecule has 0 spiro atoms. The highest BCUT2D eigenvalue weighted by molar-refractivity contribution is 5.98. The fourth-order valence-electron chi connectivity index (χ4n) is 2.10. The molecule has 1 unspecified atom stereocenters. The van der Waals surface area contributed by atoms with E-state index in [0.717, 1.165) is 12.1 Å². The van der Waals surface area contributed by atoms with Crippen molar-refractivity contribution < 1.29 is 9.18 Å². The summed E-state index contributed by atoms with van der Waals surface area (Å²) < 4.78 is 12.8. The third kappa shape index (κ3) is 2.05. The topological polar surface area (TPSA) is 46.3 Å². The van der Waals surface area contributed by atoms with Gasteiger partial charge >= 0.3 is 0 Å². The number of carbonyl (C=O) groups excluding carboxylic acids is 1. The summed E-state index contributed by atoms with van der Waals surface area (Å²) >= 11 is 0. The van der Waals surface area contributed by atoms with Gasteiger partial charge in [-0.3, -0.25) is 4.79 Å². The number of hydrogen-bond acceptors (Lipinski definition) is 2. The number of hydrogen-bond donors (Lipinski definition) is 1. The summed E-state index contributed by atoms with van der Waals surface area (Å²) in [4.78, 5) is 14.0. The van der Waals surface area contributed by atoms with Gasteiger partial charge in [-0.1, -0.05) is 0 Å². The summed E-state index contributed by atoms with van der Waals surface area (Å²) in [6, 6.07) is 5.86. The predicted octanol–water partition coefficient (Wildman–Crippen LogP) is 1.92. The number of rotatable bonds is 1. The van der Waals surface area contributed by atoms with Crippen LogP contribution in [-0.2, 0) is 4.79 Å². The van der Waals surface area contributed by atoms with Crippen molar-refractivity contribution in [2.24, 2.45) is 11.1 Å². The van der Waals surface area contributed by atoms with Crippen molar-refractivity contribution in [3.8, 4) is 0 Å². The molecule has 1 aromatic carbocycles. The van der Waals surface area contributed by atoms with Crippen LogP contribution in [0.3, 0.4) is 0 Å². The van der Waals surface area contributed by atoms with E-state index < -0.39 is 5.41 Å². The minimum atomic E-state index is -0.563. The molecule has 17 heavy (non-hydrogen) atoms. The van der Waals surface area contributed by atoms with E-state index in [0.29, 0.717) is 6.54 Å². The molecule has 1 amide bonds. The molecule has 1 saturated heterocycles. The van der Waals surface area contributed by atoms with Gasteiger partial charge in [0.2, 0.25) is 5.91 Å². The molecule has 1 heterocycles. The Bertz CT molecular complexity index is 428. The van der Waals surface area contributed by atoms with Crippen LogP contribution in [0.15, 0.2) is 24.3 Å². The molecule has 1 aliphatic heterocycles. The largest absolute Gasteiger partial charge is 0.327 e. The zero-order chi connectivity index (χ0) is 12.6. The minimum absolute atomic E-state index is 0.00265. The normalized spacial score (nSPS) is 23.9. The van der Waals surface area contributed by atoms with Gasteiger partial charge in [-0.05, 0) is 44.5 Å². The molecule has 0 aliphatic carbocycles. The summed E-state index contributed by atoms with van der Waals surface area (Å²) in [6.45, 7) is 4.31. The Hall–Kier alpha value is -1.42. The number of benzene rings is 1. The summed E-state index contributed by atoms with van der Waals surface area (Å²) in [5, 5.41) is 0. The number of amides is 1. The standard InChI is InChI=1S/C13H17FN2O/c1-13(2)11(15)7-8-16(12(13)17)10-5-3-9(14)4-6-10/h3-6,11H,7-8,15H2,1-2H3. The lowest BCUT2D eigenvalue weighted by Gasteiger charge is -2.41. The Morgan fingerprint density at radius 1 is 1.35 bits per heavy atom. The van der Waals surface area contributed by atoms with Crippen molar-refractivity contribution >= 4 is 11.6 Å². The van der Waals surface area contributed by atoms with Crippen LogP contribution in [0.4, 0.5) is 10.1 Å². The van der Waals surface area contributed by atoms with Crippen molar-refractivity contribution in [2.45, 2.75) is 26.3 Å². The number of anilines is 1. The summed E-state index contributed by atoms with van der Waals surface area (Å²) in [5.41, 5.74) is 6.13. The minimum Gasteiger partial charge on any atom is -0.327 e. The highest BCUT2D eigenvalue weighted by Gasteiger charge is 2.41. The lowest BCUT2D eigenvalue weighted by Crippen LogP contribution is -2.56. The summed E-state index contributed by atoms with van der Waals surface area (Å²) in [6.07, 6.45) is 0.760. The molecule has 1 aromatic rings. The van der Waals surface area contributed by atoms with Crippen molar-refractivity contribution in [1.29, 1.82) is 0 Å². The molecule has 2 N–H and O–H groups in total. The van der Waals surface area contributed by atoms with Crippen LogP contribution in [0.1, 0.15) is 20.3 Å². The fourth-order valence-corrected chi connectivity index (χ4v) is 2.10. The van der Waals surface area contributed by atoms with Crippen LogP contribution in [0, 0.1) is 11.2 Å². The van der Waals surface area contributed by atoms with E-state index in [1.165, 1.54) is 12.1 Å². The first-order valence-electron chi connectivity index (χ1n) is 5.76. The van der Waals surface area contributed by atoms with E-state index in [1.807, 2.05) is 13.8 Å². The van der Waals surface area contributed by atoms with Gasteiger partial charge in [0.25, 0.3) is 0 Å². The Kier molecular flexibility index (Phi) is 2.91. The Balaban J connectivity index is 2.29. The molecule has 0 aromatic heterocycles. The van der Waals surface area contributed by atoms with Crippen molar-refractivity contribution in [3.63, 3.8) is 0 Å². The smallest absolute Gasteiger partial charge is 0.234 e. The molecule has 1 fully saturated rings. The van der Waals surface area contributed by atoms with Gasteiger partial charge in [0.15, 0.2) is 0 Å². The maximum Gasteiger partial charge on any atom is 0.234 e. The van der Waals surface area contributed by atoms with E-state index >= 15 is 0 Å². The van der Waals surface area contributed by atoms with Gasteiger partial charge < -0.3 is 10.6 Å². The average Bonchev–Trinajstić information content (AvgIpc) is 2.29. The van der Waals surface area contributed by atoms with E-state index in [-0.39, 0.29) is 17.8 Å². The molecule has 92 valence electrons. The Morgan fingerprint density at radius 3 is 2.53 bits per heavy atom. The summed E-state index contributed by atoms with van der Waals surface area (Å²) in [5.74, 6) is -0.294. The van der Waals surface area contributed by atoms with Crippen molar-refractivity contribution in [1.82, 2.24) is 0 Å². The fraction of sp³-hybridized carbons (Fsp3) is 0.462. The average molecular weight is 236 g/mol. The number of nitrogens with zero attached hydrogens (tertiary/aromatic N) is 1. The number of carbonyl (C=O) groups is 1. The van der Waals surface area contributed by atoms with Gasteiger partial charge in [-0.25, -0.2) is 4.39 Å². The molecule has 3 nitrogen and oxygen atoms in total. The van der Waals surface area contributed by atoms with Crippen LogP contribution >= 0.6 is 0 Å². The summed E-state index contributed by atoms with van der Waals surface area (Å²) in [7, 11) is 0. The monoisotopic (exact) mass is 236 g/mol. The van der Waals surface area contributed by atoms with Crippen LogP contribution in [0.2, 0.25) is 0 Å². The molecular formula is C13H17FN2O. The third-order valence-corrected chi connectivity index (χ3v) is 3.53. The van der Waals surface area contributed by atoms with Gasteiger partial charge in [-0.2, -0.15) is 0 Å². The maximum atomic E-state index is 12.8. The van der Waals surface area contributed by atoms with Crippen LogP contribution < -0.4 is 10.6 Å². The number of piperidine rings is 1. The third-order valence-electron chi connectivity index (χ3n) is 3.53. The maximum absolute atomic E-state index is 12.8. The molecule has 1 aliphatic rings. The van der Waals surface area contributed by atoms with E-state index in [1.54, 1.807) is 17.0 Å². The van der Waals surface area contributed by atoms with Crippen LogP contribution in [-0.4, -0.2) is 18.5 Å². The van der Waals surface area contributed by atoms with E-state index in [2.05, 4.69) is 0 Å². The first-order valence-corrected chi connectivity index (χ1v) is 5.76. The first-order chi connectivity index (χ1) is 7.93. The first kappa shape index (κ1) is 12.0. The van der Waals surface area contributed by atoms with Gasteiger partial charge in [0.1, 0.15) is 5.82 Å². The van der Waals surface area contributed by atoms with E-state index in [9.17, 15) is 9.18 Å².